The number of alkyl halides is 3. The third-order valence-corrected chi connectivity index (χ3v) is 6.46. The first-order valence-corrected chi connectivity index (χ1v) is 12.3. The van der Waals surface area contributed by atoms with Crippen molar-refractivity contribution >= 4 is 34.6 Å². The van der Waals surface area contributed by atoms with Gasteiger partial charge in [-0.1, -0.05) is 25.4 Å². The van der Waals surface area contributed by atoms with Gasteiger partial charge in [0.2, 0.25) is 0 Å². The Bertz CT molecular complexity index is 1380. The summed E-state index contributed by atoms with van der Waals surface area (Å²) in [5.41, 5.74) is 6.23. The highest BCUT2D eigenvalue weighted by Gasteiger charge is 2.31. The highest BCUT2D eigenvalue weighted by Crippen LogP contribution is 2.34. The lowest BCUT2D eigenvalue weighted by Gasteiger charge is -2.22. The fraction of sp³-hybridized carbons (Fsp3) is 0.308. The zero-order valence-electron chi connectivity index (χ0n) is 21.6. The Morgan fingerprint density at radius 2 is 1.89 bits per heavy atom. The Balaban J connectivity index is 1.60. The van der Waals surface area contributed by atoms with Gasteiger partial charge in [0.05, 0.1) is 28.2 Å². The van der Waals surface area contributed by atoms with Crippen LogP contribution in [0.25, 0.3) is 5.70 Å². The van der Waals surface area contributed by atoms with E-state index in [2.05, 4.69) is 21.3 Å². The Labute approximate surface area is 224 Å². The van der Waals surface area contributed by atoms with E-state index in [1.165, 1.54) is 12.1 Å². The number of nitrogens with one attached hydrogen (secondary N) is 3. The number of aryl methyl sites for hydroxylation is 1. The minimum atomic E-state index is -4.55. The van der Waals surface area contributed by atoms with Crippen molar-refractivity contribution in [2.75, 3.05) is 17.4 Å². The number of aromatic nitrogens is 2. The summed E-state index contributed by atoms with van der Waals surface area (Å²) in [5.74, 6) is -0.565. The molecule has 12 heteroatoms. The van der Waals surface area contributed by atoms with Crippen LogP contribution in [0.15, 0.2) is 48.8 Å². The molecule has 38 heavy (non-hydrogen) atoms. The van der Waals surface area contributed by atoms with Crippen molar-refractivity contribution in [1.82, 2.24) is 25.6 Å². The second kappa shape index (κ2) is 10.7. The van der Waals surface area contributed by atoms with E-state index in [1.54, 1.807) is 33.0 Å². The number of hydrogen-bond donors (Lipinski definition) is 3. The van der Waals surface area contributed by atoms with Crippen LogP contribution < -0.4 is 21.2 Å². The molecule has 1 aromatic heterocycles. The van der Waals surface area contributed by atoms with Crippen LogP contribution in [0.3, 0.4) is 0 Å². The largest absolute Gasteiger partial charge is 0.416 e. The highest BCUT2D eigenvalue weighted by atomic mass is 35.5. The van der Waals surface area contributed by atoms with Crippen LogP contribution in [0, 0.1) is 6.92 Å². The summed E-state index contributed by atoms with van der Waals surface area (Å²) in [5, 5.41) is 13.8. The van der Waals surface area contributed by atoms with Crippen LogP contribution in [0.1, 0.15) is 46.6 Å². The minimum absolute atomic E-state index is 0.0511. The third kappa shape index (κ3) is 5.95. The molecule has 2 aromatic carbocycles. The second-order valence-corrected chi connectivity index (χ2v) is 9.79. The van der Waals surface area contributed by atoms with E-state index in [0.717, 1.165) is 29.1 Å². The summed E-state index contributed by atoms with van der Waals surface area (Å²) < 4.78 is 42.3. The lowest BCUT2D eigenvalue weighted by atomic mass is 10.1. The fourth-order valence-electron chi connectivity index (χ4n) is 3.97. The summed E-state index contributed by atoms with van der Waals surface area (Å²) in [6.07, 6.45) is -0.965. The first kappa shape index (κ1) is 27.5. The summed E-state index contributed by atoms with van der Waals surface area (Å²) in [4.78, 5) is 13.1. The molecule has 0 spiro atoms. The standard InChI is InChI=1S/C26H29ClF3N7O/c1-15(2)31-12-17-8-19(26(28,29)30)11-20(9-17)33-25(38)18-6-7-22(27)23(10-18)37-14-24(36(5)34-37)21-13-32-35(4)16(21)3/h6-11,13-15,31,34H,12H2,1-5H3,(H,33,38). The number of benzene rings is 2. The molecule has 0 bridgehead atoms. The Hall–Kier alpha value is -3.54. The maximum Gasteiger partial charge on any atom is 0.416 e. The summed E-state index contributed by atoms with van der Waals surface area (Å²) in [6.45, 7) is 5.99. The number of nitrogens with zero attached hydrogens (tertiary/aromatic N) is 4. The average Bonchev–Trinajstić information content (AvgIpc) is 3.38. The van der Waals surface area contributed by atoms with Gasteiger partial charge in [0.25, 0.3) is 5.91 Å². The Kier molecular flexibility index (Phi) is 7.73. The van der Waals surface area contributed by atoms with Crippen LogP contribution in [-0.4, -0.2) is 33.8 Å². The van der Waals surface area contributed by atoms with Crippen LogP contribution >= 0.6 is 11.6 Å². The van der Waals surface area contributed by atoms with Gasteiger partial charge in [-0.3, -0.25) is 19.5 Å². The molecule has 3 aromatic rings. The molecule has 0 radical (unpaired) electrons. The predicted molar refractivity (Wildman–Crippen MR) is 142 cm³/mol. The zero-order valence-corrected chi connectivity index (χ0v) is 22.4. The topological polar surface area (TPSA) is 77.5 Å². The molecule has 8 nitrogen and oxygen atoms in total. The molecule has 0 unspecified atom stereocenters. The fourth-order valence-corrected chi connectivity index (χ4v) is 4.18. The lowest BCUT2D eigenvalue weighted by Crippen LogP contribution is -2.38. The van der Waals surface area contributed by atoms with Crippen molar-refractivity contribution in [1.29, 1.82) is 0 Å². The van der Waals surface area contributed by atoms with Gasteiger partial charge in [-0.15, -0.1) is 5.53 Å². The van der Waals surface area contributed by atoms with E-state index in [0.29, 0.717) is 16.3 Å². The zero-order chi connectivity index (χ0) is 27.8. The normalized spacial score (nSPS) is 13.9. The van der Waals surface area contributed by atoms with E-state index >= 15 is 0 Å². The molecular weight excluding hydrogens is 519 g/mol. The Morgan fingerprint density at radius 1 is 1.16 bits per heavy atom. The predicted octanol–water partition coefficient (Wildman–Crippen LogP) is 5.32. The van der Waals surface area contributed by atoms with Crippen LogP contribution in [0.2, 0.25) is 5.02 Å². The van der Waals surface area contributed by atoms with Gasteiger partial charge in [-0.05, 0) is 48.9 Å². The van der Waals surface area contributed by atoms with Crippen LogP contribution in [-0.2, 0) is 19.8 Å². The molecule has 0 atom stereocenters. The van der Waals surface area contributed by atoms with Crippen LogP contribution in [0.4, 0.5) is 24.5 Å². The molecule has 0 saturated heterocycles. The molecule has 202 valence electrons. The molecule has 1 aliphatic heterocycles. The van der Waals surface area contributed by atoms with Crippen molar-refractivity contribution in [3.8, 4) is 0 Å². The van der Waals surface area contributed by atoms with E-state index in [-0.39, 0.29) is 23.8 Å². The smallest absolute Gasteiger partial charge is 0.322 e. The molecule has 1 amide bonds. The molecular formula is C26H29ClF3N7O. The van der Waals surface area contributed by atoms with Crippen LogP contribution in [0.5, 0.6) is 0 Å². The van der Waals surface area contributed by atoms with Gasteiger partial charge in [-0.25, -0.2) is 0 Å². The number of hydrogen-bond acceptors (Lipinski definition) is 6. The van der Waals surface area contributed by atoms with Crippen molar-refractivity contribution in [2.24, 2.45) is 7.05 Å². The number of carbonyl (C=O) groups is 1. The summed E-state index contributed by atoms with van der Waals surface area (Å²) in [6, 6.07) is 8.28. The number of hydrazine groups is 2. The van der Waals surface area contributed by atoms with E-state index in [1.807, 2.05) is 41.1 Å². The molecule has 0 fully saturated rings. The van der Waals surface area contributed by atoms with Gasteiger partial charge in [0.1, 0.15) is 0 Å². The molecule has 0 saturated carbocycles. The van der Waals surface area contributed by atoms with E-state index < -0.39 is 17.6 Å². The number of anilines is 2. The van der Waals surface area contributed by atoms with Crippen molar-refractivity contribution < 1.29 is 18.0 Å². The van der Waals surface area contributed by atoms with Crippen molar-refractivity contribution in [3.63, 3.8) is 0 Å². The highest BCUT2D eigenvalue weighted by molar-refractivity contribution is 6.33. The molecule has 1 aliphatic rings. The monoisotopic (exact) mass is 547 g/mol. The Morgan fingerprint density at radius 3 is 2.53 bits per heavy atom. The number of rotatable bonds is 7. The maximum atomic E-state index is 13.5. The first-order chi connectivity index (χ1) is 17.8. The minimum Gasteiger partial charge on any atom is -0.322 e. The van der Waals surface area contributed by atoms with Gasteiger partial charge in [0.15, 0.2) is 0 Å². The van der Waals surface area contributed by atoms with Crippen molar-refractivity contribution in [3.05, 3.63) is 81.8 Å². The molecule has 2 heterocycles. The molecule has 0 aliphatic carbocycles. The number of halogens is 4. The van der Waals surface area contributed by atoms with Gasteiger partial charge < -0.3 is 10.6 Å². The SMILES string of the molecule is Cc1c(C2=CN(c3cc(C(=O)Nc4cc(CNC(C)C)cc(C(F)(F)F)c4)ccc3Cl)NN2C)cnn1C. The van der Waals surface area contributed by atoms with Crippen molar-refractivity contribution in [2.45, 2.75) is 39.5 Å². The van der Waals surface area contributed by atoms with Gasteiger partial charge >= 0.3 is 6.18 Å². The lowest BCUT2D eigenvalue weighted by molar-refractivity contribution is -0.137. The first-order valence-electron chi connectivity index (χ1n) is 11.9. The molecule has 3 N–H and O–H groups in total. The summed E-state index contributed by atoms with van der Waals surface area (Å²) >= 11 is 6.46. The average molecular weight is 548 g/mol. The maximum absolute atomic E-state index is 13.5. The second-order valence-electron chi connectivity index (χ2n) is 9.38. The number of carbonyl (C=O) groups excluding carboxylic acids is 1. The van der Waals surface area contributed by atoms with Gasteiger partial charge in [-0.2, -0.15) is 18.3 Å². The van der Waals surface area contributed by atoms with E-state index in [9.17, 15) is 18.0 Å². The van der Waals surface area contributed by atoms with E-state index in [4.69, 9.17) is 11.6 Å². The third-order valence-electron chi connectivity index (χ3n) is 6.14. The van der Waals surface area contributed by atoms with Gasteiger partial charge in [0, 0.05) is 55.4 Å². The molecule has 4 rings (SSSR count). The summed E-state index contributed by atoms with van der Waals surface area (Å²) in [7, 11) is 3.69. The quantitative estimate of drug-likeness (QED) is 0.372. The number of amides is 1.